The van der Waals surface area contributed by atoms with Crippen LogP contribution in [0.5, 0.6) is 5.88 Å². The molecule has 3 rings (SSSR count). The van der Waals surface area contributed by atoms with E-state index < -0.39 is 0 Å². The molecule has 2 heterocycles. The summed E-state index contributed by atoms with van der Waals surface area (Å²) in [6.07, 6.45) is 4.15. The highest BCUT2D eigenvalue weighted by molar-refractivity contribution is 9.10. The maximum atomic E-state index is 5.05. The second kappa shape index (κ2) is 4.65. The molecular weight excluding hydrogens is 294 g/mol. The van der Waals surface area contributed by atoms with Crippen LogP contribution in [0.4, 0.5) is 0 Å². The zero-order chi connectivity index (χ0) is 12.5. The van der Waals surface area contributed by atoms with Crippen molar-refractivity contribution in [2.45, 2.75) is 18.8 Å². The van der Waals surface area contributed by atoms with Gasteiger partial charge in [-0.2, -0.15) is 0 Å². The second-order valence-electron chi connectivity index (χ2n) is 4.30. The first-order valence-electron chi connectivity index (χ1n) is 5.81. The average molecular weight is 306 g/mol. The molecule has 4 nitrogen and oxygen atoms in total. The fourth-order valence-corrected chi connectivity index (χ4v) is 2.16. The predicted octanol–water partition coefficient (Wildman–Crippen LogP) is 3.19. The van der Waals surface area contributed by atoms with E-state index in [0.29, 0.717) is 11.8 Å². The van der Waals surface area contributed by atoms with Crippen LogP contribution in [0.15, 0.2) is 29.0 Å². The molecule has 1 aliphatic carbocycles. The van der Waals surface area contributed by atoms with Gasteiger partial charge in [-0.15, -0.1) is 0 Å². The molecule has 0 bridgehead atoms. The number of aromatic nitrogens is 3. The molecule has 0 unspecified atom stereocenters. The average Bonchev–Trinajstić information content (AvgIpc) is 3.22. The SMILES string of the molecule is COc1ccc(-c2cc(Br)nc(C3CC3)n2)cn1. The minimum atomic E-state index is 0.535. The molecule has 0 N–H and O–H groups in total. The predicted molar refractivity (Wildman–Crippen MR) is 71.5 cm³/mol. The van der Waals surface area contributed by atoms with Gasteiger partial charge in [-0.25, -0.2) is 15.0 Å². The molecule has 0 amide bonds. The summed E-state index contributed by atoms with van der Waals surface area (Å²) in [5.74, 6) is 2.07. The molecule has 18 heavy (non-hydrogen) atoms. The van der Waals surface area contributed by atoms with Crippen molar-refractivity contribution in [2.24, 2.45) is 0 Å². The Morgan fingerprint density at radius 1 is 1.28 bits per heavy atom. The maximum absolute atomic E-state index is 5.05. The molecule has 0 atom stereocenters. The molecule has 1 saturated carbocycles. The maximum Gasteiger partial charge on any atom is 0.212 e. The van der Waals surface area contributed by atoms with Crippen molar-refractivity contribution >= 4 is 15.9 Å². The van der Waals surface area contributed by atoms with E-state index in [-0.39, 0.29) is 0 Å². The molecule has 0 aliphatic heterocycles. The van der Waals surface area contributed by atoms with Gasteiger partial charge in [0.25, 0.3) is 0 Å². The Hall–Kier alpha value is -1.49. The lowest BCUT2D eigenvalue weighted by atomic mass is 10.2. The zero-order valence-electron chi connectivity index (χ0n) is 9.93. The molecule has 0 saturated heterocycles. The van der Waals surface area contributed by atoms with Gasteiger partial charge in [0.1, 0.15) is 10.4 Å². The summed E-state index contributed by atoms with van der Waals surface area (Å²) in [7, 11) is 1.61. The van der Waals surface area contributed by atoms with Gasteiger partial charge in [-0.3, -0.25) is 0 Å². The van der Waals surface area contributed by atoms with Gasteiger partial charge in [-0.05, 0) is 40.9 Å². The summed E-state index contributed by atoms with van der Waals surface area (Å²) in [6, 6.07) is 5.70. The number of pyridine rings is 1. The normalized spacial score (nSPS) is 14.6. The number of halogens is 1. The summed E-state index contributed by atoms with van der Waals surface area (Å²) < 4.78 is 5.87. The summed E-state index contributed by atoms with van der Waals surface area (Å²) in [5, 5.41) is 0. The molecule has 5 heteroatoms. The molecule has 0 spiro atoms. The third-order valence-corrected chi connectivity index (χ3v) is 3.30. The number of rotatable bonds is 3. The molecule has 0 radical (unpaired) electrons. The van der Waals surface area contributed by atoms with Crippen molar-refractivity contribution < 1.29 is 4.74 Å². The van der Waals surface area contributed by atoms with Gasteiger partial charge in [0.15, 0.2) is 0 Å². The molecule has 92 valence electrons. The lowest BCUT2D eigenvalue weighted by Crippen LogP contribution is -1.96. The lowest BCUT2D eigenvalue weighted by molar-refractivity contribution is 0.398. The first-order valence-corrected chi connectivity index (χ1v) is 6.60. The van der Waals surface area contributed by atoms with Gasteiger partial charge in [-0.1, -0.05) is 0 Å². The Balaban J connectivity index is 1.98. The fraction of sp³-hybridized carbons (Fsp3) is 0.308. The van der Waals surface area contributed by atoms with E-state index in [1.54, 1.807) is 13.3 Å². The van der Waals surface area contributed by atoms with Crippen molar-refractivity contribution in [3.63, 3.8) is 0 Å². The standard InChI is InChI=1S/C13H12BrN3O/c1-18-12-5-4-9(7-15-12)10-6-11(14)17-13(16-10)8-2-3-8/h4-8H,2-3H2,1H3. The van der Waals surface area contributed by atoms with E-state index in [2.05, 4.69) is 30.9 Å². The summed E-state index contributed by atoms with van der Waals surface area (Å²) >= 11 is 3.44. The van der Waals surface area contributed by atoms with Gasteiger partial charge < -0.3 is 4.74 Å². The van der Waals surface area contributed by atoms with Crippen molar-refractivity contribution in [1.29, 1.82) is 0 Å². The molecule has 2 aromatic heterocycles. The Kier molecular flexibility index (Phi) is 2.99. The van der Waals surface area contributed by atoms with Crippen LogP contribution < -0.4 is 4.74 Å². The summed E-state index contributed by atoms with van der Waals surface area (Å²) in [6.45, 7) is 0. The van der Waals surface area contributed by atoms with Crippen molar-refractivity contribution in [3.05, 3.63) is 34.8 Å². The van der Waals surface area contributed by atoms with Gasteiger partial charge in [0.05, 0.1) is 12.8 Å². The summed E-state index contributed by atoms with van der Waals surface area (Å²) in [4.78, 5) is 13.2. The first-order chi connectivity index (χ1) is 8.76. The summed E-state index contributed by atoms with van der Waals surface area (Å²) in [5.41, 5.74) is 1.87. The Labute approximate surface area is 114 Å². The van der Waals surface area contributed by atoms with E-state index in [0.717, 1.165) is 21.7 Å². The first kappa shape index (κ1) is 11.6. The van der Waals surface area contributed by atoms with Crippen LogP contribution in [0.1, 0.15) is 24.6 Å². The lowest BCUT2D eigenvalue weighted by Gasteiger charge is -2.05. The number of ether oxygens (including phenoxy) is 1. The van der Waals surface area contributed by atoms with Gasteiger partial charge in [0, 0.05) is 23.7 Å². The molecule has 1 aliphatic rings. The molecule has 0 aromatic carbocycles. The topological polar surface area (TPSA) is 47.9 Å². The Morgan fingerprint density at radius 2 is 2.11 bits per heavy atom. The van der Waals surface area contributed by atoms with Crippen LogP contribution >= 0.6 is 15.9 Å². The van der Waals surface area contributed by atoms with Crippen LogP contribution in [0.2, 0.25) is 0 Å². The molecule has 1 fully saturated rings. The highest BCUT2D eigenvalue weighted by Crippen LogP contribution is 2.39. The number of hydrogen-bond acceptors (Lipinski definition) is 4. The number of hydrogen-bond donors (Lipinski definition) is 0. The van der Waals surface area contributed by atoms with Crippen molar-refractivity contribution in [2.75, 3.05) is 7.11 Å². The minimum Gasteiger partial charge on any atom is -0.481 e. The van der Waals surface area contributed by atoms with Crippen LogP contribution in [0.3, 0.4) is 0 Å². The largest absolute Gasteiger partial charge is 0.481 e. The van der Waals surface area contributed by atoms with E-state index in [4.69, 9.17) is 4.74 Å². The molecular formula is C13H12BrN3O. The van der Waals surface area contributed by atoms with E-state index in [1.165, 1.54) is 12.8 Å². The van der Waals surface area contributed by atoms with E-state index in [1.807, 2.05) is 18.2 Å². The highest BCUT2D eigenvalue weighted by Gasteiger charge is 2.27. The minimum absolute atomic E-state index is 0.535. The van der Waals surface area contributed by atoms with Crippen LogP contribution in [-0.2, 0) is 0 Å². The second-order valence-corrected chi connectivity index (χ2v) is 5.11. The Bertz CT molecular complexity index is 567. The van der Waals surface area contributed by atoms with Gasteiger partial charge in [0.2, 0.25) is 5.88 Å². The zero-order valence-corrected chi connectivity index (χ0v) is 11.5. The van der Waals surface area contributed by atoms with E-state index >= 15 is 0 Å². The molecule has 2 aromatic rings. The van der Waals surface area contributed by atoms with Crippen LogP contribution in [0.25, 0.3) is 11.3 Å². The monoisotopic (exact) mass is 305 g/mol. The highest BCUT2D eigenvalue weighted by atomic mass is 79.9. The Morgan fingerprint density at radius 3 is 2.72 bits per heavy atom. The van der Waals surface area contributed by atoms with Crippen molar-refractivity contribution in [1.82, 2.24) is 15.0 Å². The third-order valence-electron chi connectivity index (χ3n) is 2.90. The van der Waals surface area contributed by atoms with Gasteiger partial charge >= 0.3 is 0 Å². The van der Waals surface area contributed by atoms with E-state index in [9.17, 15) is 0 Å². The fourth-order valence-electron chi connectivity index (χ4n) is 1.76. The number of nitrogens with zero attached hydrogens (tertiary/aromatic N) is 3. The van der Waals surface area contributed by atoms with Crippen molar-refractivity contribution in [3.8, 4) is 17.1 Å². The smallest absolute Gasteiger partial charge is 0.212 e. The quantitative estimate of drug-likeness (QED) is 0.817. The number of methoxy groups -OCH3 is 1. The van der Waals surface area contributed by atoms with Crippen LogP contribution in [0, 0.1) is 0 Å². The van der Waals surface area contributed by atoms with Crippen LogP contribution in [-0.4, -0.2) is 22.1 Å². The third kappa shape index (κ3) is 2.36.